The molecule has 5 heteroatoms. The van der Waals surface area contributed by atoms with E-state index in [1.54, 1.807) is 6.07 Å². The number of nitrogens with one attached hydrogen (secondary N) is 1. The number of anilines is 1. The Hall–Kier alpha value is -1.62. The third kappa shape index (κ3) is 1.67. The Morgan fingerprint density at radius 3 is 2.88 bits per heavy atom. The Labute approximate surface area is 105 Å². The predicted molar refractivity (Wildman–Crippen MR) is 66.1 cm³/mol. The number of hydrogen-bond donors (Lipinski definition) is 1. The highest BCUT2D eigenvalue weighted by Crippen LogP contribution is 2.35. The number of amides is 1. The van der Waals surface area contributed by atoms with Crippen molar-refractivity contribution in [1.82, 2.24) is 0 Å². The molecule has 1 aromatic carbocycles. The van der Waals surface area contributed by atoms with E-state index in [1.807, 2.05) is 12.1 Å². The van der Waals surface area contributed by atoms with Gasteiger partial charge in [-0.2, -0.15) is 0 Å². The molecule has 0 fully saturated rings. The van der Waals surface area contributed by atoms with Crippen molar-refractivity contribution < 1.29 is 14.0 Å². The van der Waals surface area contributed by atoms with E-state index in [1.165, 1.54) is 0 Å². The Balaban J connectivity index is 2.31. The molecule has 0 saturated carbocycles. The molecule has 1 aliphatic heterocycles. The van der Waals surface area contributed by atoms with Gasteiger partial charge >= 0.3 is 0 Å². The van der Waals surface area contributed by atoms with Crippen molar-refractivity contribution in [2.24, 2.45) is 0 Å². The van der Waals surface area contributed by atoms with Crippen molar-refractivity contribution in [2.75, 3.05) is 5.32 Å². The number of Topliss-reactive ketones (excluding diaryl/α,β-unsaturated/α-hetero) is 1. The molecular formula is C12H8BrNO3. The molecule has 3 rings (SSSR count). The standard InChI is InChI=1S/C12H8BrNO3/c13-6-1-3-9-7(5-6)11-12(17-9)8(15)2-4-10(16)14-11/h1,3,5H,2,4H2,(H,14,16). The first-order valence-corrected chi connectivity index (χ1v) is 5.99. The van der Waals surface area contributed by atoms with Crippen LogP contribution < -0.4 is 5.32 Å². The summed E-state index contributed by atoms with van der Waals surface area (Å²) >= 11 is 3.36. The fraction of sp³-hybridized carbons (Fsp3) is 0.167. The van der Waals surface area contributed by atoms with Gasteiger partial charge in [0.2, 0.25) is 11.7 Å². The topological polar surface area (TPSA) is 59.3 Å². The van der Waals surface area contributed by atoms with E-state index in [2.05, 4.69) is 21.2 Å². The van der Waals surface area contributed by atoms with Gasteiger partial charge in [0.1, 0.15) is 5.58 Å². The normalized spacial score (nSPS) is 15.6. The van der Waals surface area contributed by atoms with Gasteiger partial charge in [-0.3, -0.25) is 9.59 Å². The molecule has 1 aliphatic rings. The molecule has 1 aromatic heterocycles. The highest BCUT2D eigenvalue weighted by atomic mass is 79.9. The van der Waals surface area contributed by atoms with Gasteiger partial charge in [-0.15, -0.1) is 0 Å². The lowest BCUT2D eigenvalue weighted by Crippen LogP contribution is -2.08. The van der Waals surface area contributed by atoms with Crippen LogP contribution in [-0.4, -0.2) is 11.7 Å². The maximum atomic E-state index is 11.8. The quantitative estimate of drug-likeness (QED) is 0.812. The van der Waals surface area contributed by atoms with Gasteiger partial charge in [-0.25, -0.2) is 0 Å². The predicted octanol–water partition coefficient (Wildman–Crippen LogP) is 3.11. The third-order valence-electron chi connectivity index (χ3n) is 2.75. The molecular weight excluding hydrogens is 286 g/mol. The molecule has 0 radical (unpaired) electrons. The summed E-state index contributed by atoms with van der Waals surface area (Å²) in [5.41, 5.74) is 1.10. The molecule has 1 N–H and O–H groups in total. The van der Waals surface area contributed by atoms with E-state index in [-0.39, 0.29) is 30.3 Å². The average Bonchev–Trinajstić information content (AvgIpc) is 2.58. The van der Waals surface area contributed by atoms with Crippen LogP contribution in [0.3, 0.4) is 0 Å². The van der Waals surface area contributed by atoms with Crippen LogP contribution in [0.15, 0.2) is 27.1 Å². The van der Waals surface area contributed by atoms with E-state index in [9.17, 15) is 9.59 Å². The SMILES string of the molecule is O=C1CCC(=O)c2oc3ccc(Br)cc3c2N1. The zero-order valence-corrected chi connectivity index (χ0v) is 10.3. The summed E-state index contributed by atoms with van der Waals surface area (Å²) in [4.78, 5) is 23.3. The number of carbonyl (C=O) groups is 2. The fourth-order valence-corrected chi connectivity index (χ4v) is 2.29. The minimum atomic E-state index is -0.153. The number of rotatable bonds is 0. The molecule has 2 aromatic rings. The van der Waals surface area contributed by atoms with Crippen LogP contribution >= 0.6 is 15.9 Å². The maximum absolute atomic E-state index is 11.8. The van der Waals surface area contributed by atoms with Crippen LogP contribution in [0, 0.1) is 0 Å². The molecule has 0 atom stereocenters. The largest absolute Gasteiger partial charge is 0.451 e. The molecule has 4 nitrogen and oxygen atoms in total. The first-order chi connectivity index (χ1) is 8.15. The Bertz CT molecular complexity index is 644. The van der Waals surface area contributed by atoms with Gasteiger partial charge in [0.15, 0.2) is 5.76 Å². The lowest BCUT2D eigenvalue weighted by atomic mass is 10.1. The van der Waals surface area contributed by atoms with Crippen LogP contribution in [0.2, 0.25) is 0 Å². The second-order valence-electron chi connectivity index (χ2n) is 3.92. The number of hydrogen-bond acceptors (Lipinski definition) is 3. The van der Waals surface area contributed by atoms with Crippen molar-refractivity contribution in [3.8, 4) is 0 Å². The Morgan fingerprint density at radius 1 is 1.24 bits per heavy atom. The van der Waals surface area contributed by atoms with Crippen molar-refractivity contribution in [1.29, 1.82) is 0 Å². The maximum Gasteiger partial charge on any atom is 0.224 e. The van der Waals surface area contributed by atoms with Crippen LogP contribution in [-0.2, 0) is 4.79 Å². The van der Waals surface area contributed by atoms with Crippen LogP contribution in [0.4, 0.5) is 5.69 Å². The smallest absolute Gasteiger partial charge is 0.224 e. The third-order valence-corrected chi connectivity index (χ3v) is 3.24. The zero-order chi connectivity index (χ0) is 12.0. The van der Waals surface area contributed by atoms with E-state index in [4.69, 9.17) is 4.42 Å². The number of benzene rings is 1. The minimum absolute atomic E-state index is 0.134. The average molecular weight is 294 g/mol. The van der Waals surface area contributed by atoms with Gasteiger partial charge in [-0.1, -0.05) is 15.9 Å². The first kappa shape index (κ1) is 10.5. The monoisotopic (exact) mass is 293 g/mol. The van der Waals surface area contributed by atoms with E-state index in [0.717, 1.165) is 9.86 Å². The number of ketones is 1. The molecule has 0 aliphatic carbocycles. The summed E-state index contributed by atoms with van der Waals surface area (Å²) in [6.07, 6.45) is 0.401. The molecule has 0 unspecified atom stereocenters. The first-order valence-electron chi connectivity index (χ1n) is 5.20. The van der Waals surface area contributed by atoms with Crippen LogP contribution in [0.5, 0.6) is 0 Å². The number of halogens is 1. The summed E-state index contributed by atoms with van der Waals surface area (Å²) in [6, 6.07) is 5.43. The molecule has 0 bridgehead atoms. The summed E-state index contributed by atoms with van der Waals surface area (Å²) in [7, 11) is 0. The zero-order valence-electron chi connectivity index (χ0n) is 8.75. The van der Waals surface area contributed by atoms with E-state index < -0.39 is 0 Å². The van der Waals surface area contributed by atoms with E-state index >= 15 is 0 Å². The fourth-order valence-electron chi connectivity index (χ4n) is 1.93. The van der Waals surface area contributed by atoms with E-state index in [0.29, 0.717) is 11.3 Å². The molecule has 0 saturated heterocycles. The second-order valence-corrected chi connectivity index (χ2v) is 4.83. The van der Waals surface area contributed by atoms with Gasteiger partial charge < -0.3 is 9.73 Å². The summed E-state index contributed by atoms with van der Waals surface area (Å²) in [6.45, 7) is 0. The lowest BCUT2D eigenvalue weighted by Gasteiger charge is -1.99. The summed E-state index contributed by atoms with van der Waals surface area (Å²) in [5.74, 6) is -0.0330. The summed E-state index contributed by atoms with van der Waals surface area (Å²) in [5, 5.41) is 3.48. The lowest BCUT2D eigenvalue weighted by molar-refractivity contribution is -0.116. The van der Waals surface area contributed by atoms with Gasteiger partial charge in [0.05, 0.1) is 5.69 Å². The van der Waals surface area contributed by atoms with Crippen LogP contribution in [0.25, 0.3) is 11.0 Å². The Kier molecular flexibility index (Phi) is 2.29. The van der Waals surface area contributed by atoms with Gasteiger partial charge in [0.25, 0.3) is 0 Å². The highest BCUT2D eigenvalue weighted by molar-refractivity contribution is 9.10. The molecule has 2 heterocycles. The minimum Gasteiger partial charge on any atom is -0.451 e. The van der Waals surface area contributed by atoms with Crippen molar-refractivity contribution in [3.63, 3.8) is 0 Å². The highest BCUT2D eigenvalue weighted by Gasteiger charge is 2.25. The molecule has 86 valence electrons. The molecule has 0 spiro atoms. The Morgan fingerprint density at radius 2 is 2.06 bits per heavy atom. The number of carbonyl (C=O) groups excluding carboxylic acids is 2. The van der Waals surface area contributed by atoms with Gasteiger partial charge in [-0.05, 0) is 18.2 Å². The van der Waals surface area contributed by atoms with Crippen molar-refractivity contribution in [3.05, 3.63) is 28.4 Å². The number of fused-ring (bicyclic) bond motifs is 3. The van der Waals surface area contributed by atoms with Crippen molar-refractivity contribution >= 4 is 44.3 Å². The van der Waals surface area contributed by atoms with Gasteiger partial charge in [0, 0.05) is 22.7 Å². The molecule has 17 heavy (non-hydrogen) atoms. The number of furan rings is 1. The molecule has 1 amide bonds. The van der Waals surface area contributed by atoms with Crippen molar-refractivity contribution in [2.45, 2.75) is 12.8 Å². The summed E-state index contributed by atoms with van der Waals surface area (Å²) < 4.78 is 6.38. The second kappa shape index (κ2) is 3.70. The van der Waals surface area contributed by atoms with Crippen LogP contribution in [0.1, 0.15) is 23.4 Å².